The molecule has 1 saturated heterocycles. The molecule has 78 valence electrons. The molecule has 0 radical (unpaired) electrons. The van der Waals surface area contributed by atoms with Crippen molar-refractivity contribution < 1.29 is 17.9 Å². The molecule has 5 heteroatoms. The van der Waals surface area contributed by atoms with Gasteiger partial charge in [0.05, 0.1) is 6.10 Å². The largest absolute Gasteiger partial charge is 0.417 e. The molecule has 1 heterocycles. The summed E-state index contributed by atoms with van der Waals surface area (Å²) in [5.74, 6) is 0. The van der Waals surface area contributed by atoms with Crippen LogP contribution in [0.25, 0.3) is 0 Å². The van der Waals surface area contributed by atoms with Crippen molar-refractivity contribution in [1.29, 1.82) is 0 Å². The van der Waals surface area contributed by atoms with Gasteiger partial charge in [-0.15, -0.1) is 0 Å². The van der Waals surface area contributed by atoms with Crippen molar-refractivity contribution in [3.63, 3.8) is 0 Å². The average Bonchev–Trinajstić information content (AvgIpc) is 2.02. The Kier molecular flexibility index (Phi) is 3.28. The summed E-state index contributed by atoms with van der Waals surface area (Å²) in [5.41, 5.74) is -1.94. The molecule has 13 heavy (non-hydrogen) atoms. The molecule has 1 aliphatic rings. The van der Waals surface area contributed by atoms with Gasteiger partial charge in [0.1, 0.15) is 0 Å². The Morgan fingerprint density at radius 2 is 2.15 bits per heavy atom. The highest BCUT2D eigenvalue weighted by Crippen LogP contribution is 2.41. The van der Waals surface area contributed by atoms with Crippen LogP contribution >= 0.6 is 15.9 Å². The summed E-state index contributed by atoms with van der Waals surface area (Å²) in [6, 6.07) is 0. The van der Waals surface area contributed by atoms with Gasteiger partial charge in [0.25, 0.3) is 0 Å². The van der Waals surface area contributed by atoms with Crippen molar-refractivity contribution in [2.45, 2.75) is 44.1 Å². The molecular formula is C8H12BrF3O. The van der Waals surface area contributed by atoms with Gasteiger partial charge >= 0.3 is 6.18 Å². The number of alkyl halides is 4. The summed E-state index contributed by atoms with van der Waals surface area (Å²) in [4.78, 5) is 0. The topological polar surface area (TPSA) is 9.23 Å². The van der Waals surface area contributed by atoms with Crippen molar-refractivity contribution in [3.05, 3.63) is 0 Å². The Bertz CT molecular complexity index is 183. The smallest absolute Gasteiger partial charge is 0.362 e. The van der Waals surface area contributed by atoms with E-state index < -0.39 is 11.8 Å². The van der Waals surface area contributed by atoms with Crippen molar-refractivity contribution in [2.75, 3.05) is 5.33 Å². The molecular weight excluding hydrogens is 249 g/mol. The van der Waals surface area contributed by atoms with Crippen LogP contribution in [0.4, 0.5) is 13.2 Å². The minimum absolute atomic E-state index is 0.0694. The average molecular weight is 261 g/mol. The van der Waals surface area contributed by atoms with Crippen molar-refractivity contribution in [1.82, 2.24) is 0 Å². The molecule has 0 aliphatic carbocycles. The number of rotatable bonds is 1. The predicted molar refractivity (Wildman–Crippen MR) is 47.0 cm³/mol. The van der Waals surface area contributed by atoms with Gasteiger partial charge in [-0.1, -0.05) is 15.9 Å². The summed E-state index contributed by atoms with van der Waals surface area (Å²) >= 11 is 3.14. The highest BCUT2D eigenvalue weighted by atomic mass is 79.9. The van der Waals surface area contributed by atoms with Gasteiger partial charge in [0, 0.05) is 5.33 Å². The first-order valence-corrected chi connectivity index (χ1v) is 5.32. The fourth-order valence-electron chi connectivity index (χ4n) is 1.47. The van der Waals surface area contributed by atoms with E-state index in [1.54, 1.807) is 0 Å². The van der Waals surface area contributed by atoms with Gasteiger partial charge in [-0.3, -0.25) is 0 Å². The number of hydrogen-bond acceptors (Lipinski definition) is 1. The van der Waals surface area contributed by atoms with Crippen LogP contribution in [0.2, 0.25) is 0 Å². The van der Waals surface area contributed by atoms with Crippen LogP contribution in [0.15, 0.2) is 0 Å². The maximum Gasteiger partial charge on any atom is 0.417 e. The van der Waals surface area contributed by atoms with E-state index in [0.717, 1.165) is 6.92 Å². The Balaban J connectivity index is 2.68. The zero-order valence-electron chi connectivity index (χ0n) is 7.33. The van der Waals surface area contributed by atoms with E-state index in [0.29, 0.717) is 18.2 Å². The third-order valence-electron chi connectivity index (χ3n) is 2.38. The van der Waals surface area contributed by atoms with E-state index in [4.69, 9.17) is 4.74 Å². The maximum atomic E-state index is 12.5. The summed E-state index contributed by atoms with van der Waals surface area (Å²) in [6.07, 6.45) is -3.21. The molecule has 0 aromatic heterocycles. The molecule has 2 unspecified atom stereocenters. The molecule has 1 aliphatic heterocycles. The number of ether oxygens (including phenoxy) is 1. The third-order valence-corrected chi connectivity index (χ3v) is 3.10. The van der Waals surface area contributed by atoms with Crippen molar-refractivity contribution in [2.24, 2.45) is 0 Å². The molecule has 0 N–H and O–H groups in total. The second-order valence-electron chi connectivity index (χ2n) is 3.52. The Hall–Kier alpha value is 0.230. The maximum absolute atomic E-state index is 12.5. The van der Waals surface area contributed by atoms with Crippen LogP contribution in [-0.4, -0.2) is 23.2 Å². The van der Waals surface area contributed by atoms with Crippen LogP contribution in [0.5, 0.6) is 0 Å². The van der Waals surface area contributed by atoms with E-state index in [-0.39, 0.29) is 12.5 Å². The number of halogens is 4. The molecule has 1 fully saturated rings. The minimum atomic E-state index is -4.26. The van der Waals surface area contributed by atoms with Crippen LogP contribution in [0, 0.1) is 0 Å². The zero-order valence-corrected chi connectivity index (χ0v) is 8.91. The first-order chi connectivity index (χ1) is 5.89. The molecule has 0 aromatic carbocycles. The molecule has 0 saturated carbocycles. The Morgan fingerprint density at radius 1 is 1.54 bits per heavy atom. The standard InChI is InChI=1S/C8H12BrF3O/c1-7(8(10,11)12)4-2-3-6(5-9)13-7/h6H,2-5H2,1H3. The fraction of sp³-hybridized carbons (Fsp3) is 1.00. The minimum Gasteiger partial charge on any atom is -0.362 e. The monoisotopic (exact) mass is 260 g/mol. The zero-order chi connectivity index (χ0) is 10.1. The number of hydrogen-bond donors (Lipinski definition) is 0. The predicted octanol–water partition coefficient (Wildman–Crippen LogP) is 3.27. The van der Waals surface area contributed by atoms with Crippen molar-refractivity contribution in [3.8, 4) is 0 Å². The summed E-state index contributed by atoms with van der Waals surface area (Å²) in [7, 11) is 0. The Morgan fingerprint density at radius 3 is 2.62 bits per heavy atom. The fourth-order valence-corrected chi connectivity index (χ4v) is 1.93. The summed E-state index contributed by atoms with van der Waals surface area (Å²) in [5, 5.41) is 0.471. The van der Waals surface area contributed by atoms with Gasteiger partial charge in [0.15, 0.2) is 5.60 Å². The van der Waals surface area contributed by atoms with E-state index in [2.05, 4.69) is 15.9 Å². The molecule has 0 aromatic rings. The normalized spacial score (nSPS) is 36.2. The van der Waals surface area contributed by atoms with Crippen LogP contribution < -0.4 is 0 Å². The lowest BCUT2D eigenvalue weighted by Gasteiger charge is -2.39. The van der Waals surface area contributed by atoms with Crippen molar-refractivity contribution >= 4 is 15.9 Å². The first kappa shape index (κ1) is 11.3. The molecule has 0 amide bonds. The van der Waals surface area contributed by atoms with Gasteiger partial charge in [-0.2, -0.15) is 13.2 Å². The molecule has 1 rings (SSSR count). The first-order valence-electron chi connectivity index (χ1n) is 4.19. The highest BCUT2D eigenvalue weighted by Gasteiger charge is 2.54. The highest BCUT2D eigenvalue weighted by molar-refractivity contribution is 9.09. The molecule has 0 spiro atoms. The lowest BCUT2D eigenvalue weighted by molar-refractivity contribution is -0.294. The van der Waals surface area contributed by atoms with Crippen LogP contribution in [0.1, 0.15) is 26.2 Å². The lowest BCUT2D eigenvalue weighted by atomic mass is 9.93. The summed E-state index contributed by atoms with van der Waals surface area (Å²) < 4.78 is 42.5. The SMILES string of the molecule is CC1(C(F)(F)F)CCCC(CBr)O1. The van der Waals surface area contributed by atoms with E-state index in [9.17, 15) is 13.2 Å². The van der Waals surface area contributed by atoms with E-state index in [1.165, 1.54) is 0 Å². The van der Waals surface area contributed by atoms with Gasteiger partial charge in [-0.25, -0.2) is 0 Å². The second-order valence-corrected chi connectivity index (χ2v) is 4.16. The quantitative estimate of drug-likeness (QED) is 0.658. The van der Waals surface area contributed by atoms with Gasteiger partial charge in [0.2, 0.25) is 0 Å². The van der Waals surface area contributed by atoms with Gasteiger partial charge in [-0.05, 0) is 26.2 Å². The van der Waals surface area contributed by atoms with Crippen LogP contribution in [-0.2, 0) is 4.74 Å². The Labute approximate surface area is 83.8 Å². The van der Waals surface area contributed by atoms with E-state index >= 15 is 0 Å². The lowest BCUT2D eigenvalue weighted by Crippen LogP contribution is -2.50. The van der Waals surface area contributed by atoms with E-state index in [1.807, 2.05) is 0 Å². The second kappa shape index (κ2) is 3.77. The molecule has 2 atom stereocenters. The van der Waals surface area contributed by atoms with Crippen LogP contribution in [0.3, 0.4) is 0 Å². The molecule has 0 bridgehead atoms. The van der Waals surface area contributed by atoms with Gasteiger partial charge < -0.3 is 4.74 Å². The third kappa shape index (κ3) is 2.37. The molecule has 1 nitrogen and oxygen atoms in total. The summed E-state index contributed by atoms with van der Waals surface area (Å²) in [6.45, 7) is 1.13.